The van der Waals surface area contributed by atoms with Crippen molar-refractivity contribution in [1.29, 1.82) is 0 Å². The van der Waals surface area contributed by atoms with Gasteiger partial charge in [-0.25, -0.2) is 4.79 Å². The minimum absolute atomic E-state index is 0.0525. The number of aldehydes is 1. The van der Waals surface area contributed by atoms with Crippen LogP contribution in [-0.2, 0) is 9.53 Å². The van der Waals surface area contributed by atoms with E-state index in [4.69, 9.17) is 7.48 Å². The van der Waals surface area contributed by atoms with E-state index in [2.05, 4.69) is 0 Å². The van der Waals surface area contributed by atoms with Crippen LogP contribution in [0, 0.1) is 0 Å². The molecule has 0 atom stereocenters. The summed E-state index contributed by atoms with van der Waals surface area (Å²) in [5.74, 6) is 0. The molecule has 0 aromatic carbocycles. The van der Waals surface area contributed by atoms with Crippen molar-refractivity contribution in [2.24, 2.45) is 0 Å². The Labute approximate surface area is 75.3 Å². The molecule has 1 amide bonds. The first-order valence-electron chi connectivity index (χ1n) is 4.53. The Kier molecular flexibility index (Phi) is 2.58. The average Bonchev–Trinajstić information content (AvgIpc) is 2.00. The van der Waals surface area contributed by atoms with Crippen LogP contribution in [0.2, 0.25) is 0 Å². The number of ether oxygens (including phenoxy) is 1. The van der Waals surface area contributed by atoms with Crippen LogP contribution < -0.4 is 0 Å². The molecule has 0 aromatic heterocycles. The van der Waals surface area contributed by atoms with Gasteiger partial charge in [0.2, 0.25) is 0 Å². The summed E-state index contributed by atoms with van der Waals surface area (Å²) in [4.78, 5) is 22.2. The number of rotatable bonds is 2. The lowest BCUT2D eigenvalue weighted by molar-refractivity contribution is -0.108. The molecule has 0 aliphatic heterocycles. The van der Waals surface area contributed by atoms with Crippen molar-refractivity contribution in [3.63, 3.8) is 0 Å². The molecule has 4 nitrogen and oxygen atoms in total. The van der Waals surface area contributed by atoms with Gasteiger partial charge in [-0.3, -0.25) is 0 Å². The number of likely N-dealkylation sites (N-methyl/N-ethyl adjacent to an activating group) is 1. The smallest absolute Gasteiger partial charge is 0.410 e. The van der Waals surface area contributed by atoms with Crippen LogP contribution in [0.3, 0.4) is 0 Å². The van der Waals surface area contributed by atoms with Crippen LogP contribution >= 0.6 is 0 Å². The van der Waals surface area contributed by atoms with Gasteiger partial charge in [-0.15, -0.1) is 0 Å². The van der Waals surface area contributed by atoms with Crippen LogP contribution in [0.1, 0.15) is 23.5 Å². The lowest BCUT2D eigenvalue weighted by atomic mass is 10.2. The molecule has 0 saturated heterocycles. The van der Waals surface area contributed by atoms with E-state index in [1.807, 2.05) is 0 Å². The van der Waals surface area contributed by atoms with Gasteiger partial charge in [0.25, 0.3) is 0 Å². The molecule has 0 bridgehead atoms. The number of hydrogen-bond acceptors (Lipinski definition) is 3. The predicted octanol–water partition coefficient (Wildman–Crippen LogP) is 1.05. The highest BCUT2D eigenvalue weighted by Gasteiger charge is 2.18. The van der Waals surface area contributed by atoms with Crippen LogP contribution in [0.4, 0.5) is 4.79 Å². The average molecular weight is 175 g/mol. The largest absolute Gasteiger partial charge is 0.444 e. The zero-order valence-corrected chi connectivity index (χ0v) is 7.75. The maximum absolute atomic E-state index is 11.3. The zero-order valence-electron chi connectivity index (χ0n) is 9.75. The first-order valence-corrected chi connectivity index (χ1v) is 3.53. The molecule has 0 aliphatic carbocycles. The van der Waals surface area contributed by atoms with Gasteiger partial charge >= 0.3 is 6.09 Å². The maximum atomic E-state index is 11.3. The van der Waals surface area contributed by atoms with Gasteiger partial charge in [-0.2, -0.15) is 0 Å². The van der Waals surface area contributed by atoms with Crippen molar-refractivity contribution < 1.29 is 17.1 Å². The third-order valence-corrected chi connectivity index (χ3v) is 0.914. The Morgan fingerprint density at radius 3 is 2.50 bits per heavy atom. The van der Waals surface area contributed by atoms with Crippen molar-refractivity contribution in [2.75, 3.05) is 13.5 Å². The van der Waals surface area contributed by atoms with Gasteiger partial charge in [0.15, 0.2) is 0 Å². The van der Waals surface area contributed by atoms with Crippen LogP contribution in [0.15, 0.2) is 0 Å². The summed E-state index contributed by atoms with van der Waals surface area (Å²) in [6.45, 7) is 2.65. The third-order valence-electron chi connectivity index (χ3n) is 0.914. The highest BCUT2D eigenvalue weighted by atomic mass is 16.6. The summed E-state index contributed by atoms with van der Waals surface area (Å²) < 4.78 is 19.2. The number of amides is 1. The molecule has 12 heavy (non-hydrogen) atoms. The topological polar surface area (TPSA) is 46.6 Å². The molecule has 0 aromatic rings. The first kappa shape index (κ1) is 7.58. The second kappa shape index (κ2) is 4.09. The highest BCUT2D eigenvalue weighted by Crippen LogP contribution is 2.08. The minimum atomic E-state index is -2.33. The van der Waals surface area contributed by atoms with Gasteiger partial charge in [0.05, 0.1) is 9.24 Å². The summed E-state index contributed by atoms with van der Waals surface area (Å²) in [5.41, 5.74) is -0.704. The molecular weight excluding hydrogens is 158 g/mol. The number of nitrogens with zero attached hydrogens (tertiary/aromatic N) is 1. The minimum Gasteiger partial charge on any atom is -0.444 e. The second-order valence-electron chi connectivity index (χ2n) is 3.29. The Bertz CT molecular complexity index is 235. The quantitative estimate of drug-likeness (QED) is 0.589. The van der Waals surface area contributed by atoms with Gasteiger partial charge in [0, 0.05) is 7.05 Å². The van der Waals surface area contributed by atoms with E-state index >= 15 is 0 Å². The molecule has 4 heteroatoms. The fraction of sp³-hybridized carbons (Fsp3) is 0.750. The van der Waals surface area contributed by atoms with E-state index in [0.29, 0.717) is 4.90 Å². The highest BCUT2D eigenvalue weighted by molar-refractivity contribution is 5.71. The van der Waals surface area contributed by atoms with Crippen molar-refractivity contribution in [2.45, 2.75) is 26.4 Å². The number of carbonyl (C=O) groups is 2. The molecule has 0 aliphatic rings. The molecular formula is C8H15NO3. The van der Waals surface area contributed by atoms with E-state index in [9.17, 15) is 9.59 Å². The fourth-order valence-corrected chi connectivity index (χ4v) is 0.462. The van der Waals surface area contributed by atoms with Gasteiger partial charge in [-0.1, -0.05) is 0 Å². The summed E-state index contributed by atoms with van der Waals surface area (Å²) in [5, 5.41) is 0. The molecule has 0 spiro atoms. The molecule has 0 N–H and O–H groups in total. The monoisotopic (exact) mass is 175 g/mol. The second-order valence-corrected chi connectivity index (χ2v) is 3.29. The molecule has 0 rings (SSSR count). The fourth-order valence-electron chi connectivity index (χ4n) is 0.462. The number of carbonyl (C=O) groups excluding carboxylic acids is 2. The predicted molar refractivity (Wildman–Crippen MR) is 44.9 cm³/mol. The van der Waals surface area contributed by atoms with Crippen molar-refractivity contribution in [3.8, 4) is 0 Å². The first-order chi connectivity index (χ1) is 6.10. The molecule has 0 fully saturated rings. The van der Waals surface area contributed by atoms with Crippen molar-refractivity contribution >= 4 is 12.4 Å². The third kappa shape index (κ3) is 4.71. The molecule has 70 valence electrons. The Balaban J connectivity index is 4.49. The van der Waals surface area contributed by atoms with Crippen LogP contribution in [-0.4, -0.2) is 36.4 Å². The van der Waals surface area contributed by atoms with E-state index < -0.39 is 18.2 Å². The summed E-state index contributed by atoms with van der Waals surface area (Å²) >= 11 is 0. The Morgan fingerprint density at radius 1 is 1.67 bits per heavy atom. The standard InChI is InChI=1S/C8H15NO3/c1-8(2,3)12-7(11)9(4)5-6-10/h6H,5H2,1-4H3/i5D2. The summed E-state index contributed by atoms with van der Waals surface area (Å²) in [6, 6.07) is 0. The molecule has 0 unspecified atom stereocenters. The maximum Gasteiger partial charge on any atom is 0.410 e. The Hall–Kier alpha value is -1.06. The molecule has 0 radical (unpaired) electrons. The van der Waals surface area contributed by atoms with Crippen molar-refractivity contribution in [3.05, 3.63) is 0 Å². The van der Waals surface area contributed by atoms with Gasteiger partial charge < -0.3 is 14.4 Å². The van der Waals surface area contributed by atoms with Crippen LogP contribution in [0.5, 0.6) is 0 Å². The normalized spacial score (nSPS) is 14.3. The SMILES string of the molecule is [2H]C([2H])(C=O)N(C)C(=O)OC(C)(C)C. The van der Waals surface area contributed by atoms with Crippen LogP contribution in [0.25, 0.3) is 0 Å². The summed E-state index contributed by atoms with van der Waals surface area (Å²) in [7, 11) is 1.17. The van der Waals surface area contributed by atoms with Crippen molar-refractivity contribution in [1.82, 2.24) is 4.90 Å². The zero-order chi connectivity index (χ0) is 11.6. The number of hydrogen-bond donors (Lipinski definition) is 0. The van der Waals surface area contributed by atoms with E-state index in [1.165, 1.54) is 7.05 Å². The Morgan fingerprint density at radius 2 is 2.17 bits per heavy atom. The lowest BCUT2D eigenvalue weighted by Gasteiger charge is -2.23. The van der Waals surface area contributed by atoms with Gasteiger partial charge in [-0.05, 0) is 20.8 Å². The van der Waals surface area contributed by atoms with E-state index in [1.54, 1.807) is 20.8 Å². The summed E-state index contributed by atoms with van der Waals surface area (Å²) in [6.07, 6.45) is -0.814. The molecule has 0 heterocycles. The van der Waals surface area contributed by atoms with E-state index in [-0.39, 0.29) is 6.29 Å². The van der Waals surface area contributed by atoms with Gasteiger partial charge in [0.1, 0.15) is 11.9 Å². The molecule has 0 saturated carbocycles. The van der Waals surface area contributed by atoms with E-state index in [0.717, 1.165) is 0 Å². The lowest BCUT2D eigenvalue weighted by Crippen LogP contribution is -2.35.